The molecular weight excluding hydrogens is 370 g/mol. The topological polar surface area (TPSA) is 110 Å². The fourth-order valence-electron chi connectivity index (χ4n) is 2.63. The molecule has 1 amide bonds. The zero-order valence-electron chi connectivity index (χ0n) is 12.9. The highest BCUT2D eigenvalue weighted by Crippen LogP contribution is 2.44. The van der Waals surface area contributed by atoms with E-state index in [4.69, 9.17) is 21.4 Å². The van der Waals surface area contributed by atoms with E-state index < -0.39 is 21.6 Å². The Morgan fingerprint density at radius 3 is 2.64 bits per heavy atom. The highest BCUT2D eigenvalue weighted by molar-refractivity contribution is 7.90. The van der Waals surface area contributed by atoms with Crippen LogP contribution >= 0.6 is 11.6 Å². The molecule has 0 spiro atoms. The highest BCUT2D eigenvalue weighted by Gasteiger charge is 2.31. The maximum absolute atomic E-state index is 12.8. The van der Waals surface area contributed by atoms with Crippen LogP contribution in [-0.4, -0.2) is 25.9 Å². The average molecular weight is 382 g/mol. The predicted molar refractivity (Wildman–Crippen MR) is 90.2 cm³/mol. The summed E-state index contributed by atoms with van der Waals surface area (Å²) in [4.78, 5) is 21.6. The van der Waals surface area contributed by atoms with Crippen LogP contribution in [0.1, 0.15) is 21.5 Å². The minimum atomic E-state index is -3.88. The van der Waals surface area contributed by atoms with Gasteiger partial charge in [0.1, 0.15) is 16.4 Å². The molecule has 0 aliphatic carbocycles. The summed E-state index contributed by atoms with van der Waals surface area (Å²) in [5.74, 6) is -1.47. The lowest BCUT2D eigenvalue weighted by Crippen LogP contribution is -2.07. The van der Waals surface area contributed by atoms with Gasteiger partial charge in [-0.15, -0.1) is 0 Å². The SMILES string of the molecule is Cc1cc(C(=O)O)cc2c1Oc1c(Cl)cc(NC=O)cc1CS2(=O)=O. The molecule has 0 unspecified atom stereocenters. The molecule has 25 heavy (non-hydrogen) atoms. The van der Waals surface area contributed by atoms with E-state index in [0.29, 0.717) is 17.7 Å². The Labute approximate surface area is 148 Å². The Balaban J connectivity index is 2.26. The van der Waals surface area contributed by atoms with Crippen molar-refractivity contribution in [2.45, 2.75) is 17.6 Å². The van der Waals surface area contributed by atoms with Crippen LogP contribution in [0.2, 0.25) is 5.02 Å². The van der Waals surface area contributed by atoms with E-state index in [2.05, 4.69) is 5.32 Å². The summed E-state index contributed by atoms with van der Waals surface area (Å²) in [6, 6.07) is 5.29. The molecule has 0 radical (unpaired) electrons. The van der Waals surface area contributed by atoms with Gasteiger partial charge in [-0.05, 0) is 36.8 Å². The first-order valence-electron chi connectivity index (χ1n) is 7.04. The molecule has 0 fully saturated rings. The molecule has 0 bridgehead atoms. The summed E-state index contributed by atoms with van der Waals surface area (Å²) in [5, 5.41) is 11.7. The molecule has 1 heterocycles. The zero-order chi connectivity index (χ0) is 18.4. The normalized spacial score (nSPS) is 14.5. The van der Waals surface area contributed by atoms with Crippen LogP contribution in [-0.2, 0) is 20.4 Å². The number of ether oxygens (including phenoxy) is 1. The molecule has 1 aliphatic heterocycles. The predicted octanol–water partition coefficient (Wildman–Crippen LogP) is 2.99. The number of benzene rings is 2. The quantitative estimate of drug-likeness (QED) is 0.791. The first-order chi connectivity index (χ1) is 11.7. The number of nitrogens with one attached hydrogen (secondary N) is 1. The molecule has 0 saturated heterocycles. The summed E-state index contributed by atoms with van der Waals surface area (Å²) >= 11 is 6.18. The molecule has 3 rings (SSSR count). The van der Waals surface area contributed by atoms with E-state index in [1.54, 1.807) is 6.92 Å². The number of sulfone groups is 1. The molecule has 0 atom stereocenters. The van der Waals surface area contributed by atoms with E-state index in [1.807, 2.05) is 0 Å². The molecular formula is C16H12ClNO6S. The standard InChI is InChI=1S/C16H12ClNO6S/c1-8-2-9(16(20)21)4-13-14(8)24-15-10(6-25(13,22)23)3-11(18-7-19)5-12(15)17/h2-5,7H,6H2,1H3,(H,18,19)(H,20,21). The van der Waals surface area contributed by atoms with Crippen LogP contribution in [0.3, 0.4) is 0 Å². The van der Waals surface area contributed by atoms with Crippen molar-refractivity contribution in [1.82, 2.24) is 0 Å². The third kappa shape index (κ3) is 3.06. The van der Waals surface area contributed by atoms with Crippen molar-refractivity contribution < 1.29 is 27.9 Å². The molecule has 9 heteroatoms. The number of hydrogen-bond donors (Lipinski definition) is 2. The van der Waals surface area contributed by atoms with Gasteiger partial charge in [0.2, 0.25) is 6.41 Å². The van der Waals surface area contributed by atoms with Gasteiger partial charge in [-0.3, -0.25) is 4.79 Å². The van der Waals surface area contributed by atoms with Gasteiger partial charge >= 0.3 is 5.97 Å². The second-order valence-electron chi connectivity index (χ2n) is 5.50. The van der Waals surface area contributed by atoms with E-state index in [1.165, 1.54) is 18.2 Å². The number of carbonyl (C=O) groups excluding carboxylic acids is 1. The van der Waals surface area contributed by atoms with Gasteiger partial charge in [0, 0.05) is 11.3 Å². The fourth-order valence-corrected chi connectivity index (χ4v) is 4.48. The number of aromatic carboxylic acids is 1. The monoisotopic (exact) mass is 381 g/mol. The number of halogens is 1. The molecule has 0 aromatic heterocycles. The van der Waals surface area contributed by atoms with Crippen LogP contribution in [0.25, 0.3) is 0 Å². The lowest BCUT2D eigenvalue weighted by Gasteiger charge is -2.13. The minimum absolute atomic E-state index is 0.0433. The molecule has 130 valence electrons. The number of aryl methyl sites for hydroxylation is 1. The van der Waals surface area contributed by atoms with Crippen molar-refractivity contribution in [2.75, 3.05) is 5.32 Å². The minimum Gasteiger partial charge on any atom is -0.478 e. The number of carbonyl (C=O) groups is 2. The van der Waals surface area contributed by atoms with Crippen molar-refractivity contribution in [2.24, 2.45) is 0 Å². The van der Waals surface area contributed by atoms with Crippen molar-refractivity contribution in [3.05, 3.63) is 46.0 Å². The van der Waals surface area contributed by atoms with Crippen molar-refractivity contribution >= 4 is 39.5 Å². The molecule has 2 aromatic rings. The van der Waals surface area contributed by atoms with Crippen molar-refractivity contribution in [3.8, 4) is 11.5 Å². The van der Waals surface area contributed by atoms with E-state index in [9.17, 15) is 18.0 Å². The number of fused-ring (bicyclic) bond motifs is 2. The van der Waals surface area contributed by atoms with Gasteiger partial charge in [-0.2, -0.15) is 0 Å². The van der Waals surface area contributed by atoms with Gasteiger partial charge in [0.05, 0.1) is 16.3 Å². The Morgan fingerprint density at radius 2 is 2.00 bits per heavy atom. The summed E-state index contributed by atoms with van der Waals surface area (Å²) in [5.41, 5.74) is 0.803. The number of rotatable bonds is 3. The fraction of sp³-hybridized carbons (Fsp3) is 0.125. The maximum Gasteiger partial charge on any atom is 0.335 e. The lowest BCUT2D eigenvalue weighted by atomic mass is 10.1. The second kappa shape index (κ2) is 6.05. The summed E-state index contributed by atoms with van der Waals surface area (Å²) < 4.78 is 31.3. The number of carboxylic acid groups (broad SMARTS) is 1. The van der Waals surface area contributed by atoms with Gasteiger partial charge in [0.15, 0.2) is 9.84 Å². The van der Waals surface area contributed by atoms with Crippen molar-refractivity contribution in [1.29, 1.82) is 0 Å². The summed E-state index contributed by atoms with van der Waals surface area (Å²) in [6.45, 7) is 1.56. The second-order valence-corrected chi connectivity index (χ2v) is 7.86. The number of hydrogen-bond acceptors (Lipinski definition) is 5. The Morgan fingerprint density at radius 1 is 1.28 bits per heavy atom. The van der Waals surface area contributed by atoms with E-state index >= 15 is 0 Å². The molecule has 0 saturated carbocycles. The average Bonchev–Trinajstić information content (AvgIpc) is 2.62. The van der Waals surface area contributed by atoms with Gasteiger partial charge in [-0.25, -0.2) is 13.2 Å². The smallest absolute Gasteiger partial charge is 0.335 e. The molecule has 2 aromatic carbocycles. The first-order valence-corrected chi connectivity index (χ1v) is 9.07. The zero-order valence-corrected chi connectivity index (χ0v) is 14.4. The van der Waals surface area contributed by atoms with Crippen LogP contribution in [0.15, 0.2) is 29.2 Å². The third-order valence-electron chi connectivity index (χ3n) is 3.72. The maximum atomic E-state index is 12.8. The number of carboxylic acids is 1. The van der Waals surface area contributed by atoms with E-state index in [0.717, 1.165) is 6.07 Å². The van der Waals surface area contributed by atoms with Crippen LogP contribution in [0, 0.1) is 6.92 Å². The van der Waals surface area contributed by atoms with E-state index in [-0.39, 0.29) is 32.5 Å². The molecule has 7 nitrogen and oxygen atoms in total. The van der Waals surface area contributed by atoms with Gasteiger partial charge in [-0.1, -0.05) is 11.6 Å². The highest BCUT2D eigenvalue weighted by atomic mass is 35.5. The third-order valence-corrected chi connectivity index (χ3v) is 5.66. The number of amides is 1. The number of anilines is 1. The molecule has 2 N–H and O–H groups in total. The summed E-state index contributed by atoms with van der Waals surface area (Å²) in [7, 11) is -3.88. The van der Waals surface area contributed by atoms with Gasteiger partial charge in [0.25, 0.3) is 0 Å². The van der Waals surface area contributed by atoms with Crippen molar-refractivity contribution in [3.63, 3.8) is 0 Å². The lowest BCUT2D eigenvalue weighted by molar-refractivity contribution is -0.105. The molecule has 1 aliphatic rings. The van der Waals surface area contributed by atoms with Crippen LogP contribution in [0.4, 0.5) is 5.69 Å². The largest absolute Gasteiger partial charge is 0.478 e. The van der Waals surface area contributed by atoms with Crippen LogP contribution < -0.4 is 10.1 Å². The Bertz CT molecular complexity index is 1020. The Hall–Kier alpha value is -2.58. The first kappa shape index (κ1) is 17.2. The van der Waals surface area contributed by atoms with Gasteiger partial charge < -0.3 is 15.2 Å². The summed E-state index contributed by atoms with van der Waals surface area (Å²) in [6.07, 6.45) is 0.447. The Kier molecular flexibility index (Phi) is 4.18. The van der Waals surface area contributed by atoms with Crippen LogP contribution in [0.5, 0.6) is 11.5 Å².